The quantitative estimate of drug-likeness (QED) is 0.172. The number of fused-ring (bicyclic) bond motifs is 5. The highest BCUT2D eigenvalue weighted by molar-refractivity contribution is 9.10. The zero-order chi connectivity index (χ0) is 26.8. The fourth-order valence-corrected chi connectivity index (χ4v) is 5.37. The zero-order valence-electron chi connectivity index (χ0n) is 19.9. The molecule has 190 valence electrons. The minimum absolute atomic E-state index is 0.0359. The third kappa shape index (κ3) is 3.46. The molecule has 2 aliphatic rings. The number of nitro benzene ring substituents is 1. The van der Waals surface area contributed by atoms with E-state index >= 15 is 0 Å². The molecule has 2 aromatic carbocycles. The van der Waals surface area contributed by atoms with Gasteiger partial charge < -0.3 is 14.0 Å². The van der Waals surface area contributed by atoms with Crippen LogP contribution in [0.4, 0.5) is 5.69 Å². The summed E-state index contributed by atoms with van der Waals surface area (Å²) in [7, 11) is 0. The van der Waals surface area contributed by atoms with Gasteiger partial charge in [0, 0.05) is 21.7 Å². The summed E-state index contributed by atoms with van der Waals surface area (Å²) in [6.45, 7) is 1.56. The number of hydrogen-bond acceptors (Lipinski definition) is 8. The zero-order valence-corrected chi connectivity index (χ0v) is 21.5. The molecule has 0 saturated heterocycles. The molecular formula is C27H18BrN3O7. The molecule has 0 amide bonds. The third-order valence-corrected chi connectivity index (χ3v) is 7.57. The van der Waals surface area contributed by atoms with Crippen molar-refractivity contribution >= 4 is 44.5 Å². The van der Waals surface area contributed by atoms with Gasteiger partial charge in [-0.3, -0.25) is 14.9 Å². The maximum absolute atomic E-state index is 13.6. The van der Waals surface area contributed by atoms with Crippen LogP contribution in [0.2, 0.25) is 0 Å². The lowest BCUT2D eigenvalue weighted by Gasteiger charge is -2.35. The average molecular weight is 576 g/mol. The minimum Gasteiger partial charge on any atom is -0.457 e. The van der Waals surface area contributed by atoms with Crippen LogP contribution in [-0.2, 0) is 33.0 Å². The molecule has 2 aliphatic heterocycles. The topological polar surface area (TPSA) is 131 Å². The van der Waals surface area contributed by atoms with E-state index in [2.05, 4.69) is 20.9 Å². The molecule has 1 atom stereocenters. The summed E-state index contributed by atoms with van der Waals surface area (Å²) >= 11 is 3.32. The van der Waals surface area contributed by atoms with Crippen LogP contribution in [0.1, 0.15) is 40.4 Å². The van der Waals surface area contributed by atoms with Crippen LogP contribution in [0.5, 0.6) is 0 Å². The van der Waals surface area contributed by atoms with Gasteiger partial charge in [-0.25, -0.2) is 14.6 Å². The summed E-state index contributed by atoms with van der Waals surface area (Å²) in [6.07, 6.45) is 0.0359. The number of benzene rings is 2. The Balaban J connectivity index is 1.52. The Hall–Kier alpha value is -4.38. The molecule has 0 saturated carbocycles. The van der Waals surface area contributed by atoms with Crippen molar-refractivity contribution in [2.45, 2.75) is 32.1 Å². The molecule has 2 aromatic heterocycles. The maximum atomic E-state index is 13.6. The van der Waals surface area contributed by atoms with Gasteiger partial charge >= 0.3 is 11.9 Å². The first-order chi connectivity index (χ1) is 18.2. The Labute approximate surface area is 223 Å². The molecule has 10 nitrogen and oxygen atoms in total. The number of rotatable bonds is 4. The Morgan fingerprint density at radius 3 is 2.68 bits per heavy atom. The van der Waals surface area contributed by atoms with E-state index in [1.54, 1.807) is 55.5 Å². The molecule has 0 spiro atoms. The molecule has 6 rings (SSSR count). The van der Waals surface area contributed by atoms with Gasteiger partial charge in [0.2, 0.25) is 5.60 Å². The molecule has 11 heteroatoms. The van der Waals surface area contributed by atoms with Crippen molar-refractivity contribution in [1.29, 1.82) is 0 Å². The van der Waals surface area contributed by atoms with Gasteiger partial charge in [0.05, 0.1) is 44.9 Å². The van der Waals surface area contributed by atoms with Crippen molar-refractivity contribution in [2.75, 3.05) is 0 Å². The second-order valence-corrected chi connectivity index (χ2v) is 9.98. The number of carbonyl (C=O) groups excluding carboxylic acids is 2. The standard InChI is InChI=1S/C27H18BrN3O7/c1-2-27(38-25(33)14-6-8-16(28)9-7-14)19-11-22-23-15(12-30(22)24(32)18(19)13-37-26(27)34)10-17-20(29-23)4-3-5-21(17)31(35)36/h3-11H,2,12-13H2,1H3/t27-/m0/s1. The number of hydrogen-bond donors (Lipinski definition) is 0. The van der Waals surface area contributed by atoms with Crippen LogP contribution in [0.3, 0.4) is 0 Å². The molecule has 0 bridgehead atoms. The van der Waals surface area contributed by atoms with E-state index in [1.165, 1.54) is 10.6 Å². The number of pyridine rings is 2. The first kappa shape index (κ1) is 24.0. The maximum Gasteiger partial charge on any atom is 0.355 e. The number of nitrogens with zero attached hydrogens (tertiary/aromatic N) is 3. The highest BCUT2D eigenvalue weighted by Gasteiger charge is 2.50. The average Bonchev–Trinajstić information content (AvgIpc) is 3.27. The lowest BCUT2D eigenvalue weighted by molar-refractivity contribution is -0.383. The number of ether oxygens (including phenoxy) is 2. The smallest absolute Gasteiger partial charge is 0.355 e. The second kappa shape index (κ2) is 8.59. The fourth-order valence-electron chi connectivity index (χ4n) is 5.11. The van der Waals surface area contributed by atoms with Crippen LogP contribution >= 0.6 is 15.9 Å². The molecule has 0 N–H and O–H groups in total. The van der Waals surface area contributed by atoms with E-state index < -0.39 is 28.0 Å². The van der Waals surface area contributed by atoms with Gasteiger partial charge in [-0.15, -0.1) is 0 Å². The summed E-state index contributed by atoms with van der Waals surface area (Å²) in [5.41, 5.74) is 0.332. The van der Waals surface area contributed by atoms with E-state index in [1.807, 2.05) is 0 Å². The summed E-state index contributed by atoms with van der Waals surface area (Å²) in [5.74, 6) is -1.50. The van der Waals surface area contributed by atoms with Gasteiger partial charge in [0.25, 0.3) is 11.2 Å². The van der Waals surface area contributed by atoms with E-state index in [0.717, 1.165) is 4.47 Å². The van der Waals surface area contributed by atoms with Gasteiger partial charge in [-0.05, 0) is 48.9 Å². The first-order valence-electron chi connectivity index (χ1n) is 11.7. The summed E-state index contributed by atoms with van der Waals surface area (Å²) in [4.78, 5) is 55.6. The normalized spacial score (nSPS) is 17.4. The van der Waals surface area contributed by atoms with E-state index in [9.17, 15) is 24.5 Å². The van der Waals surface area contributed by atoms with Crippen molar-refractivity contribution in [3.63, 3.8) is 0 Å². The van der Waals surface area contributed by atoms with E-state index in [-0.39, 0.29) is 42.0 Å². The number of aromatic nitrogens is 2. The van der Waals surface area contributed by atoms with Crippen molar-refractivity contribution in [1.82, 2.24) is 9.55 Å². The predicted molar refractivity (Wildman–Crippen MR) is 139 cm³/mol. The molecule has 0 aliphatic carbocycles. The third-order valence-electron chi connectivity index (χ3n) is 7.04. The number of cyclic esters (lactones) is 1. The van der Waals surface area contributed by atoms with Crippen molar-refractivity contribution < 1.29 is 24.0 Å². The van der Waals surface area contributed by atoms with Crippen molar-refractivity contribution in [2.24, 2.45) is 0 Å². The first-order valence-corrected chi connectivity index (χ1v) is 12.5. The summed E-state index contributed by atoms with van der Waals surface area (Å²) < 4.78 is 13.5. The lowest BCUT2D eigenvalue weighted by Crippen LogP contribution is -2.47. The van der Waals surface area contributed by atoms with E-state index in [0.29, 0.717) is 27.9 Å². The number of carbonyl (C=O) groups is 2. The van der Waals surface area contributed by atoms with Crippen LogP contribution in [0.15, 0.2) is 63.9 Å². The highest BCUT2D eigenvalue weighted by atomic mass is 79.9. The van der Waals surface area contributed by atoms with Gasteiger partial charge in [0.15, 0.2) is 0 Å². The van der Waals surface area contributed by atoms with Gasteiger partial charge in [-0.2, -0.15) is 0 Å². The second-order valence-electron chi connectivity index (χ2n) is 9.06. The Bertz CT molecular complexity index is 1760. The predicted octanol–water partition coefficient (Wildman–Crippen LogP) is 4.62. The molecule has 38 heavy (non-hydrogen) atoms. The monoisotopic (exact) mass is 575 g/mol. The molecule has 0 unspecified atom stereocenters. The number of nitro groups is 1. The van der Waals surface area contributed by atoms with Crippen molar-refractivity contribution in [3.05, 3.63) is 102 Å². The molecule has 0 fully saturated rings. The van der Waals surface area contributed by atoms with Crippen LogP contribution < -0.4 is 5.56 Å². The number of esters is 2. The molecule has 0 radical (unpaired) electrons. The summed E-state index contributed by atoms with van der Waals surface area (Å²) in [5, 5.41) is 11.9. The number of non-ortho nitro benzene ring substituents is 1. The van der Waals surface area contributed by atoms with Gasteiger partial charge in [-0.1, -0.05) is 28.9 Å². The molecule has 4 heterocycles. The number of halogens is 1. The lowest BCUT2D eigenvalue weighted by atomic mass is 9.85. The van der Waals surface area contributed by atoms with Crippen LogP contribution in [0.25, 0.3) is 22.3 Å². The minimum atomic E-state index is -1.83. The molecule has 4 aromatic rings. The Morgan fingerprint density at radius 2 is 1.97 bits per heavy atom. The van der Waals surface area contributed by atoms with E-state index in [4.69, 9.17) is 9.47 Å². The highest BCUT2D eigenvalue weighted by Crippen LogP contribution is 2.41. The van der Waals surface area contributed by atoms with Crippen LogP contribution in [0, 0.1) is 10.1 Å². The molecular weight excluding hydrogens is 558 g/mol. The fraction of sp³-hybridized carbons (Fsp3) is 0.185. The SMILES string of the molecule is CC[C@@]1(OC(=O)c2ccc(Br)cc2)C(=O)OCc2c1cc1n(c2=O)Cc2cc3c([N+](=O)[O-])cccc3nc2-1. The van der Waals surface area contributed by atoms with Crippen molar-refractivity contribution in [3.8, 4) is 11.4 Å². The Kier molecular flexibility index (Phi) is 5.42. The largest absolute Gasteiger partial charge is 0.457 e. The Morgan fingerprint density at radius 1 is 1.21 bits per heavy atom. The summed E-state index contributed by atoms with van der Waals surface area (Å²) in [6, 6.07) is 14.4. The van der Waals surface area contributed by atoms with Crippen LogP contribution in [-0.4, -0.2) is 26.4 Å². The van der Waals surface area contributed by atoms with Gasteiger partial charge in [0.1, 0.15) is 6.61 Å².